The third-order valence-electron chi connectivity index (χ3n) is 2.10. The molecule has 0 aromatic rings. The first kappa shape index (κ1) is 9.52. The van der Waals surface area contributed by atoms with Gasteiger partial charge in [-0.2, -0.15) is 0 Å². The summed E-state index contributed by atoms with van der Waals surface area (Å²) in [6.45, 7) is -0.481. The highest BCUT2D eigenvalue weighted by molar-refractivity contribution is 6.11. The quantitative estimate of drug-likeness (QED) is 0.356. The van der Waals surface area contributed by atoms with E-state index in [0.717, 1.165) is 0 Å². The van der Waals surface area contributed by atoms with Gasteiger partial charge in [-0.25, -0.2) is 4.39 Å². The molecular weight excluding hydrogens is 162 g/mol. The third kappa shape index (κ3) is 1.12. The van der Waals surface area contributed by atoms with Gasteiger partial charge in [0.05, 0.1) is 12.6 Å². The number of alkyl halides is 1. The van der Waals surface area contributed by atoms with Gasteiger partial charge in [-0.15, -0.1) is 6.42 Å². The third-order valence-corrected chi connectivity index (χ3v) is 2.10. The van der Waals surface area contributed by atoms with E-state index in [9.17, 15) is 9.50 Å². The van der Waals surface area contributed by atoms with E-state index in [2.05, 4.69) is 0 Å². The fraction of sp³-hybridized carbons (Fsp3) is 0.714. The Bertz CT molecular complexity index is 217. The Kier molecular flexibility index (Phi) is 2.42. The maximum absolute atomic E-state index is 13.2. The molecule has 0 radical (unpaired) electrons. The number of aliphatic hydroxyl groups excluding tert-OH is 1. The zero-order valence-electron chi connectivity index (χ0n) is 6.70. The molecule has 1 saturated heterocycles. The number of aliphatic hydroxyl groups is 2. The van der Waals surface area contributed by atoms with Gasteiger partial charge in [-0.05, 0) is 0 Å². The van der Waals surface area contributed by atoms with Crippen LogP contribution in [-0.2, 0) is 4.74 Å². The van der Waals surface area contributed by atoms with Crippen LogP contribution in [0.15, 0.2) is 0 Å². The summed E-state index contributed by atoms with van der Waals surface area (Å²) in [7, 11) is 1.46. The SMILES string of the molecule is B[C@@H]1O[C@H](CO)C(O)(C#C)C1F. The Labute approximate surface area is 70.9 Å². The van der Waals surface area contributed by atoms with Crippen LogP contribution in [0.5, 0.6) is 0 Å². The fourth-order valence-electron chi connectivity index (χ4n) is 1.32. The molecule has 1 fully saturated rings. The van der Waals surface area contributed by atoms with Gasteiger partial charge in [-0.1, -0.05) is 5.92 Å². The molecule has 1 aliphatic heterocycles. The van der Waals surface area contributed by atoms with Crippen molar-refractivity contribution in [3.8, 4) is 12.3 Å². The lowest BCUT2D eigenvalue weighted by molar-refractivity contribution is -0.0414. The van der Waals surface area contributed by atoms with Crippen LogP contribution in [0.3, 0.4) is 0 Å². The minimum atomic E-state index is -1.98. The summed E-state index contributed by atoms with van der Waals surface area (Å²) in [4.78, 5) is 0. The van der Waals surface area contributed by atoms with Crippen molar-refractivity contribution >= 4 is 7.85 Å². The summed E-state index contributed by atoms with van der Waals surface area (Å²) >= 11 is 0. The van der Waals surface area contributed by atoms with E-state index in [1.165, 1.54) is 7.85 Å². The van der Waals surface area contributed by atoms with E-state index in [0.29, 0.717) is 0 Å². The van der Waals surface area contributed by atoms with Crippen molar-refractivity contribution in [2.24, 2.45) is 0 Å². The highest BCUT2D eigenvalue weighted by Gasteiger charge is 2.53. The molecule has 0 saturated carbocycles. The summed E-state index contributed by atoms with van der Waals surface area (Å²) in [6.07, 6.45) is 2.30. The number of hydrogen-bond donors (Lipinski definition) is 2. The second-order valence-corrected chi connectivity index (χ2v) is 2.88. The van der Waals surface area contributed by atoms with E-state index < -0.39 is 30.5 Å². The Balaban J connectivity index is 2.89. The van der Waals surface area contributed by atoms with Crippen molar-refractivity contribution in [1.82, 2.24) is 0 Å². The van der Waals surface area contributed by atoms with Crippen LogP contribution in [0.25, 0.3) is 0 Å². The topological polar surface area (TPSA) is 49.7 Å². The number of ether oxygens (including phenoxy) is 1. The Morgan fingerprint density at radius 3 is 2.67 bits per heavy atom. The van der Waals surface area contributed by atoms with E-state index in [1.807, 2.05) is 5.92 Å². The maximum atomic E-state index is 13.2. The zero-order valence-corrected chi connectivity index (χ0v) is 6.70. The molecule has 5 heteroatoms. The molecule has 3 nitrogen and oxygen atoms in total. The molecule has 0 spiro atoms. The molecule has 0 amide bonds. The molecule has 1 rings (SSSR count). The van der Waals surface area contributed by atoms with E-state index in [-0.39, 0.29) is 0 Å². The predicted octanol–water partition coefficient (Wildman–Crippen LogP) is -1.96. The first-order valence-electron chi connectivity index (χ1n) is 3.66. The second kappa shape index (κ2) is 3.06. The van der Waals surface area contributed by atoms with Gasteiger partial charge in [0.25, 0.3) is 0 Å². The Morgan fingerprint density at radius 1 is 1.75 bits per heavy atom. The molecule has 0 bridgehead atoms. The molecule has 1 aliphatic rings. The van der Waals surface area contributed by atoms with Crippen LogP contribution in [0.1, 0.15) is 0 Å². The maximum Gasteiger partial charge on any atom is 0.186 e. The molecular formula is C7H10BFO3. The highest BCUT2D eigenvalue weighted by Crippen LogP contribution is 2.31. The molecule has 0 aromatic carbocycles. The van der Waals surface area contributed by atoms with Crippen molar-refractivity contribution in [2.75, 3.05) is 6.61 Å². The summed E-state index contributed by atoms with van der Waals surface area (Å²) in [5.74, 6) is 1.92. The molecule has 66 valence electrons. The number of hydrogen-bond acceptors (Lipinski definition) is 3. The lowest BCUT2D eigenvalue weighted by atomic mass is 9.86. The van der Waals surface area contributed by atoms with E-state index in [4.69, 9.17) is 16.3 Å². The largest absolute Gasteiger partial charge is 0.394 e. The molecule has 0 aliphatic carbocycles. The van der Waals surface area contributed by atoms with Gasteiger partial charge in [-0.3, -0.25) is 0 Å². The highest BCUT2D eigenvalue weighted by atomic mass is 19.1. The van der Waals surface area contributed by atoms with Gasteiger partial charge in [0.2, 0.25) is 0 Å². The predicted molar refractivity (Wildman–Crippen MR) is 43.0 cm³/mol. The zero-order chi connectivity index (χ0) is 9.35. The summed E-state index contributed by atoms with van der Waals surface area (Å²) in [5, 5.41) is 18.2. The van der Waals surface area contributed by atoms with Crippen molar-refractivity contribution in [3.63, 3.8) is 0 Å². The first-order chi connectivity index (χ1) is 5.56. The summed E-state index contributed by atoms with van der Waals surface area (Å²) in [5.41, 5.74) is -1.98. The van der Waals surface area contributed by atoms with Gasteiger partial charge in [0.15, 0.2) is 11.8 Å². The number of rotatable bonds is 1. The molecule has 2 unspecified atom stereocenters. The number of halogens is 1. The normalized spacial score (nSPS) is 47.3. The van der Waals surface area contributed by atoms with Gasteiger partial charge in [0, 0.05) is 0 Å². The molecule has 0 aromatic heterocycles. The van der Waals surface area contributed by atoms with Crippen molar-refractivity contribution < 1.29 is 19.3 Å². The van der Waals surface area contributed by atoms with Crippen LogP contribution in [0.4, 0.5) is 4.39 Å². The van der Waals surface area contributed by atoms with Crippen LogP contribution >= 0.6 is 0 Å². The van der Waals surface area contributed by atoms with Crippen LogP contribution in [-0.4, -0.2) is 48.5 Å². The van der Waals surface area contributed by atoms with E-state index in [1.54, 1.807) is 0 Å². The van der Waals surface area contributed by atoms with Gasteiger partial charge < -0.3 is 14.9 Å². The molecule has 2 N–H and O–H groups in total. The van der Waals surface area contributed by atoms with Gasteiger partial charge in [0.1, 0.15) is 14.0 Å². The van der Waals surface area contributed by atoms with Crippen molar-refractivity contribution in [1.29, 1.82) is 0 Å². The molecule has 1 heterocycles. The number of terminal acetylenes is 1. The average Bonchev–Trinajstić information content (AvgIpc) is 2.30. The Morgan fingerprint density at radius 2 is 2.33 bits per heavy atom. The second-order valence-electron chi connectivity index (χ2n) is 2.88. The Hall–Kier alpha value is -0.565. The van der Waals surface area contributed by atoms with Crippen molar-refractivity contribution in [2.45, 2.75) is 23.9 Å². The van der Waals surface area contributed by atoms with E-state index >= 15 is 0 Å². The van der Waals surface area contributed by atoms with Crippen LogP contribution in [0.2, 0.25) is 0 Å². The van der Waals surface area contributed by atoms with Gasteiger partial charge >= 0.3 is 0 Å². The minimum absolute atomic E-state index is 0.481. The minimum Gasteiger partial charge on any atom is -0.394 e. The molecule has 4 atom stereocenters. The fourth-order valence-corrected chi connectivity index (χ4v) is 1.32. The standard InChI is InChI=1S/C7H10BFO3/c1-2-7(11)4(3-10)12-6(8)5(7)9/h1,4-6,10-11H,3,8H2/t4-,5?,6-,7?/m1/s1. The van der Waals surface area contributed by atoms with Crippen LogP contribution in [0, 0.1) is 12.3 Å². The van der Waals surface area contributed by atoms with Crippen molar-refractivity contribution in [3.05, 3.63) is 0 Å². The smallest absolute Gasteiger partial charge is 0.186 e. The molecule has 12 heavy (non-hydrogen) atoms. The monoisotopic (exact) mass is 172 g/mol. The summed E-state index contributed by atoms with van der Waals surface area (Å²) in [6, 6.07) is -0.775. The summed E-state index contributed by atoms with van der Waals surface area (Å²) < 4.78 is 18.1. The lowest BCUT2D eigenvalue weighted by Gasteiger charge is -2.22. The first-order valence-corrected chi connectivity index (χ1v) is 3.66. The lowest BCUT2D eigenvalue weighted by Crippen LogP contribution is -2.46. The average molecular weight is 172 g/mol. The van der Waals surface area contributed by atoms with Crippen LogP contribution < -0.4 is 0 Å².